The van der Waals surface area contributed by atoms with Crippen LogP contribution in [0, 0.1) is 0 Å². The van der Waals surface area contributed by atoms with E-state index in [1.54, 1.807) is 0 Å². The normalized spacial score (nSPS) is 10.8. The van der Waals surface area contributed by atoms with E-state index in [-0.39, 0.29) is 5.91 Å². The summed E-state index contributed by atoms with van der Waals surface area (Å²) >= 11 is 1.50. The van der Waals surface area contributed by atoms with Gasteiger partial charge in [0.05, 0.1) is 11.4 Å². The molecule has 0 radical (unpaired) electrons. The first-order valence-corrected chi connectivity index (χ1v) is 8.48. The zero-order valence-corrected chi connectivity index (χ0v) is 13.6. The molecule has 2 heterocycles. The van der Waals surface area contributed by atoms with E-state index in [1.165, 1.54) is 11.3 Å². The number of carbonyl (C=O) groups excluding carboxylic acids is 1. The molecule has 0 saturated carbocycles. The van der Waals surface area contributed by atoms with E-state index >= 15 is 0 Å². The molecule has 5 heteroatoms. The molecule has 2 aromatic heterocycles. The summed E-state index contributed by atoms with van der Waals surface area (Å²) in [7, 11) is 0. The Hall–Kier alpha value is -2.92. The summed E-state index contributed by atoms with van der Waals surface area (Å²) in [6.07, 6.45) is 0.371. The van der Waals surface area contributed by atoms with Gasteiger partial charge in [0.2, 0.25) is 5.91 Å². The molecule has 0 aliphatic rings. The van der Waals surface area contributed by atoms with Gasteiger partial charge in [0.25, 0.3) is 0 Å². The van der Waals surface area contributed by atoms with E-state index in [0.29, 0.717) is 6.42 Å². The number of anilines is 1. The number of nitrogens with one attached hydrogen (secondary N) is 2. The molecule has 0 atom stereocenters. The highest BCUT2D eigenvalue weighted by Crippen LogP contribution is 2.34. The van der Waals surface area contributed by atoms with E-state index in [2.05, 4.69) is 15.5 Å². The number of nitrogens with zero attached hydrogens (tertiary/aromatic N) is 1. The number of benzene rings is 2. The fourth-order valence-electron chi connectivity index (χ4n) is 2.66. The van der Waals surface area contributed by atoms with Crippen molar-refractivity contribution in [3.8, 4) is 11.3 Å². The van der Waals surface area contributed by atoms with Gasteiger partial charge < -0.3 is 5.32 Å². The third-order valence-corrected chi connectivity index (χ3v) is 4.73. The lowest BCUT2D eigenvalue weighted by Crippen LogP contribution is -2.13. The molecule has 0 saturated heterocycles. The van der Waals surface area contributed by atoms with Gasteiger partial charge in [0.15, 0.2) is 0 Å². The van der Waals surface area contributed by atoms with Crippen LogP contribution in [0.2, 0.25) is 0 Å². The minimum absolute atomic E-state index is 0.0145. The molecule has 24 heavy (non-hydrogen) atoms. The maximum atomic E-state index is 12.2. The molecule has 118 valence electrons. The highest BCUT2D eigenvalue weighted by atomic mass is 32.1. The second kappa shape index (κ2) is 6.29. The fourth-order valence-corrected chi connectivity index (χ4v) is 3.58. The van der Waals surface area contributed by atoms with Gasteiger partial charge in [-0.2, -0.15) is 5.10 Å². The number of amides is 1. The van der Waals surface area contributed by atoms with Crippen molar-refractivity contribution in [1.82, 2.24) is 10.2 Å². The minimum Gasteiger partial charge on any atom is -0.317 e. The Morgan fingerprint density at radius 2 is 1.75 bits per heavy atom. The summed E-state index contributed by atoms with van der Waals surface area (Å²) in [4.78, 5) is 13.2. The maximum absolute atomic E-state index is 12.2. The maximum Gasteiger partial charge on any atom is 0.229 e. The number of hydrogen-bond donors (Lipinski definition) is 2. The largest absolute Gasteiger partial charge is 0.317 e. The van der Waals surface area contributed by atoms with Crippen LogP contribution >= 0.6 is 11.3 Å². The van der Waals surface area contributed by atoms with Crippen molar-refractivity contribution in [1.29, 1.82) is 0 Å². The number of hydrogen-bond acceptors (Lipinski definition) is 3. The molecule has 1 amide bonds. The fraction of sp³-hybridized carbons (Fsp3) is 0.0526. The van der Waals surface area contributed by atoms with Crippen molar-refractivity contribution in [3.05, 3.63) is 72.3 Å². The third-order valence-electron chi connectivity index (χ3n) is 3.77. The number of aromatic nitrogens is 2. The summed E-state index contributed by atoms with van der Waals surface area (Å²) in [5.74, 6) is -0.0145. The Balaban J connectivity index is 1.55. The summed E-state index contributed by atoms with van der Waals surface area (Å²) in [6, 6.07) is 21.7. The molecule has 0 unspecified atom stereocenters. The molecule has 4 rings (SSSR count). The average Bonchev–Trinajstić information content (AvgIpc) is 3.16. The van der Waals surface area contributed by atoms with Crippen LogP contribution in [0.25, 0.3) is 21.5 Å². The highest BCUT2D eigenvalue weighted by molar-refractivity contribution is 7.22. The van der Waals surface area contributed by atoms with E-state index in [9.17, 15) is 4.79 Å². The van der Waals surface area contributed by atoms with Crippen LogP contribution in [0.4, 0.5) is 5.00 Å². The van der Waals surface area contributed by atoms with Gasteiger partial charge in [-0.3, -0.25) is 9.89 Å². The molecule has 2 aromatic carbocycles. The van der Waals surface area contributed by atoms with E-state index in [4.69, 9.17) is 0 Å². The van der Waals surface area contributed by atoms with Gasteiger partial charge in [0.1, 0.15) is 10.5 Å². The molecule has 0 spiro atoms. The predicted molar refractivity (Wildman–Crippen MR) is 98.2 cm³/mol. The monoisotopic (exact) mass is 333 g/mol. The van der Waals surface area contributed by atoms with Crippen molar-refractivity contribution in [2.45, 2.75) is 6.42 Å². The van der Waals surface area contributed by atoms with Gasteiger partial charge >= 0.3 is 0 Å². The summed E-state index contributed by atoms with van der Waals surface area (Å²) < 4.78 is 0. The van der Waals surface area contributed by atoms with Crippen molar-refractivity contribution in [2.75, 3.05) is 5.32 Å². The van der Waals surface area contributed by atoms with Gasteiger partial charge in [-0.1, -0.05) is 72.0 Å². The van der Waals surface area contributed by atoms with E-state index in [0.717, 1.165) is 32.0 Å². The molecular formula is C19H15N3OS. The van der Waals surface area contributed by atoms with Crippen molar-refractivity contribution >= 4 is 32.5 Å². The smallest absolute Gasteiger partial charge is 0.229 e. The quantitative estimate of drug-likeness (QED) is 0.579. The number of H-pyrrole nitrogens is 1. The lowest BCUT2D eigenvalue weighted by molar-refractivity contribution is -0.115. The molecule has 2 N–H and O–H groups in total. The second-order valence-corrected chi connectivity index (χ2v) is 6.55. The van der Waals surface area contributed by atoms with Crippen molar-refractivity contribution in [2.24, 2.45) is 0 Å². The molecule has 4 aromatic rings. The minimum atomic E-state index is -0.0145. The average molecular weight is 333 g/mol. The SMILES string of the molecule is O=C(Cc1ccccc1)Nc1cc2c(-c3ccccc3)n[nH]c2s1. The van der Waals surface area contributed by atoms with Crippen LogP contribution in [0.3, 0.4) is 0 Å². The van der Waals surface area contributed by atoms with Crippen LogP contribution < -0.4 is 5.32 Å². The standard InChI is InChI=1S/C19H15N3OS/c23-16(11-13-7-3-1-4-8-13)20-17-12-15-18(21-22-19(15)24-17)14-9-5-2-6-10-14/h1-10,12H,11H2,(H,20,23)(H,21,22). The zero-order valence-electron chi connectivity index (χ0n) is 12.8. The van der Waals surface area contributed by atoms with Crippen LogP contribution in [-0.2, 0) is 11.2 Å². The van der Waals surface area contributed by atoms with Gasteiger partial charge in [-0.05, 0) is 11.6 Å². The number of fused-ring (bicyclic) bond motifs is 1. The molecule has 0 bridgehead atoms. The van der Waals surface area contributed by atoms with Crippen LogP contribution in [0.15, 0.2) is 66.7 Å². The van der Waals surface area contributed by atoms with Gasteiger partial charge in [-0.25, -0.2) is 0 Å². The van der Waals surface area contributed by atoms with E-state index < -0.39 is 0 Å². The first kappa shape index (κ1) is 14.7. The second-order valence-electron chi connectivity index (χ2n) is 5.50. The topological polar surface area (TPSA) is 57.8 Å². The van der Waals surface area contributed by atoms with Crippen molar-refractivity contribution in [3.63, 3.8) is 0 Å². The number of rotatable bonds is 4. The van der Waals surface area contributed by atoms with Crippen LogP contribution in [0.1, 0.15) is 5.56 Å². The Morgan fingerprint density at radius 3 is 2.50 bits per heavy atom. The highest BCUT2D eigenvalue weighted by Gasteiger charge is 2.13. The first-order chi connectivity index (χ1) is 11.8. The van der Waals surface area contributed by atoms with Gasteiger partial charge in [0, 0.05) is 10.9 Å². The summed E-state index contributed by atoms with van der Waals surface area (Å²) in [6.45, 7) is 0. The number of carbonyl (C=O) groups is 1. The molecule has 0 fully saturated rings. The Morgan fingerprint density at radius 1 is 1.04 bits per heavy atom. The molecule has 0 aliphatic carbocycles. The predicted octanol–water partition coefficient (Wildman–Crippen LogP) is 4.47. The van der Waals surface area contributed by atoms with Gasteiger partial charge in [-0.15, -0.1) is 0 Å². The zero-order chi connectivity index (χ0) is 16.4. The lowest BCUT2D eigenvalue weighted by Gasteiger charge is -2.02. The Bertz CT molecular complexity index is 974. The Kier molecular flexibility index (Phi) is 3.84. The number of thiophene rings is 1. The number of aromatic amines is 1. The summed E-state index contributed by atoms with van der Waals surface area (Å²) in [5.41, 5.74) is 2.97. The molecule has 4 nitrogen and oxygen atoms in total. The van der Waals surface area contributed by atoms with E-state index in [1.807, 2.05) is 66.7 Å². The third kappa shape index (κ3) is 2.94. The molecular weight excluding hydrogens is 318 g/mol. The summed E-state index contributed by atoms with van der Waals surface area (Å²) in [5, 5.41) is 12.3. The first-order valence-electron chi connectivity index (χ1n) is 7.67. The Labute approximate surface area is 143 Å². The van der Waals surface area contributed by atoms with Crippen LogP contribution in [0.5, 0.6) is 0 Å². The lowest BCUT2D eigenvalue weighted by atomic mass is 10.1. The van der Waals surface area contributed by atoms with Crippen molar-refractivity contribution < 1.29 is 4.79 Å². The van der Waals surface area contributed by atoms with Crippen LogP contribution in [-0.4, -0.2) is 16.1 Å². The molecule has 0 aliphatic heterocycles.